The van der Waals surface area contributed by atoms with Crippen LogP contribution in [0.2, 0.25) is 0 Å². The van der Waals surface area contributed by atoms with Crippen molar-refractivity contribution in [2.75, 3.05) is 4.72 Å². The molecule has 0 atom stereocenters. The lowest BCUT2D eigenvalue weighted by atomic mass is 10.0. The van der Waals surface area contributed by atoms with Crippen molar-refractivity contribution in [2.24, 2.45) is 5.92 Å². The summed E-state index contributed by atoms with van der Waals surface area (Å²) in [7, 11) is -3.53. The van der Waals surface area contributed by atoms with Gasteiger partial charge >= 0.3 is 0 Å². The Balaban J connectivity index is 1.78. The van der Waals surface area contributed by atoms with Crippen LogP contribution in [-0.2, 0) is 29.3 Å². The van der Waals surface area contributed by atoms with Crippen LogP contribution in [0.1, 0.15) is 37.0 Å². The zero-order chi connectivity index (χ0) is 16.4. The molecule has 23 heavy (non-hydrogen) atoms. The molecule has 0 aliphatic heterocycles. The largest absolute Gasteiger partial charge is 0.280 e. The van der Waals surface area contributed by atoms with E-state index in [4.69, 9.17) is 0 Å². The average molecular weight is 329 g/mol. The van der Waals surface area contributed by atoms with E-state index in [1.165, 1.54) is 11.1 Å². The molecular weight excluding hydrogens is 306 g/mol. The normalized spacial score (nSPS) is 14.0. The van der Waals surface area contributed by atoms with Gasteiger partial charge in [-0.1, -0.05) is 32.0 Å². The monoisotopic (exact) mass is 329 g/mol. The molecule has 122 valence electrons. The van der Waals surface area contributed by atoms with Gasteiger partial charge in [-0.2, -0.15) is 0 Å². The van der Waals surface area contributed by atoms with E-state index in [-0.39, 0.29) is 0 Å². The Morgan fingerprint density at radius 3 is 2.39 bits per heavy atom. The van der Waals surface area contributed by atoms with Crippen LogP contribution in [0.5, 0.6) is 0 Å². The second-order valence-corrected chi connectivity index (χ2v) is 8.37. The highest BCUT2D eigenvalue weighted by Crippen LogP contribution is 2.26. The molecule has 0 saturated heterocycles. The van der Waals surface area contributed by atoms with Crippen molar-refractivity contribution in [1.29, 1.82) is 0 Å². The number of sulfonamides is 1. The lowest BCUT2D eigenvalue weighted by molar-refractivity contribution is 0.601. The Morgan fingerprint density at radius 2 is 1.70 bits per heavy atom. The molecule has 0 spiro atoms. The van der Waals surface area contributed by atoms with E-state index in [1.54, 1.807) is 12.1 Å². The van der Waals surface area contributed by atoms with Crippen LogP contribution in [0, 0.1) is 5.92 Å². The van der Waals surface area contributed by atoms with Gasteiger partial charge in [-0.15, -0.1) is 0 Å². The molecule has 1 aliphatic carbocycles. The van der Waals surface area contributed by atoms with Crippen LogP contribution < -0.4 is 4.72 Å². The van der Waals surface area contributed by atoms with Crippen LogP contribution in [0.4, 0.5) is 5.69 Å². The van der Waals surface area contributed by atoms with Crippen LogP contribution in [-0.4, -0.2) is 8.42 Å². The highest BCUT2D eigenvalue weighted by Gasteiger charge is 2.16. The third-order valence-corrected chi connectivity index (χ3v) is 5.63. The van der Waals surface area contributed by atoms with Gasteiger partial charge in [0.25, 0.3) is 10.0 Å². The Hall–Kier alpha value is -1.81. The summed E-state index contributed by atoms with van der Waals surface area (Å²) < 4.78 is 27.7. The smallest absolute Gasteiger partial charge is 0.261 e. The summed E-state index contributed by atoms with van der Waals surface area (Å²) in [6.45, 7) is 4.31. The number of anilines is 1. The minimum atomic E-state index is -3.53. The van der Waals surface area contributed by atoms with E-state index in [2.05, 4.69) is 18.6 Å². The molecule has 3 nitrogen and oxygen atoms in total. The van der Waals surface area contributed by atoms with Crippen molar-refractivity contribution < 1.29 is 8.42 Å². The average Bonchev–Trinajstić information content (AvgIpc) is 2.94. The number of nitrogens with one attached hydrogen (secondary N) is 1. The van der Waals surface area contributed by atoms with Crippen molar-refractivity contribution in [3.8, 4) is 0 Å². The van der Waals surface area contributed by atoms with Gasteiger partial charge in [-0.25, -0.2) is 8.42 Å². The Kier molecular flexibility index (Phi) is 4.44. The molecule has 1 N–H and O–H groups in total. The first-order valence-corrected chi connectivity index (χ1v) is 9.66. The summed E-state index contributed by atoms with van der Waals surface area (Å²) >= 11 is 0. The van der Waals surface area contributed by atoms with Crippen molar-refractivity contribution in [3.63, 3.8) is 0 Å². The van der Waals surface area contributed by atoms with Gasteiger partial charge in [-0.05, 0) is 72.6 Å². The molecule has 2 aromatic rings. The molecule has 0 heterocycles. The minimum Gasteiger partial charge on any atom is -0.280 e. The molecule has 0 amide bonds. The van der Waals surface area contributed by atoms with E-state index in [0.717, 1.165) is 31.2 Å². The third kappa shape index (κ3) is 3.75. The molecule has 0 radical (unpaired) electrons. The van der Waals surface area contributed by atoms with Gasteiger partial charge in [0, 0.05) is 5.69 Å². The predicted octanol–water partition coefficient (Wildman–Crippen LogP) is 4.17. The summed E-state index contributed by atoms with van der Waals surface area (Å²) in [6.07, 6.45) is 4.25. The maximum Gasteiger partial charge on any atom is 0.261 e. The number of benzene rings is 2. The number of hydrogen-bond acceptors (Lipinski definition) is 2. The SMILES string of the molecule is CC(C)Cc1ccc(S(=O)(=O)Nc2ccc3c(c2)CCC3)cc1. The lowest BCUT2D eigenvalue weighted by Gasteiger charge is -2.11. The van der Waals surface area contributed by atoms with Crippen LogP contribution in [0.15, 0.2) is 47.4 Å². The maximum absolute atomic E-state index is 12.5. The van der Waals surface area contributed by atoms with Crippen molar-refractivity contribution in [3.05, 3.63) is 59.2 Å². The second kappa shape index (κ2) is 6.36. The van der Waals surface area contributed by atoms with E-state index in [9.17, 15) is 8.42 Å². The zero-order valence-electron chi connectivity index (χ0n) is 13.7. The summed E-state index contributed by atoms with van der Waals surface area (Å²) in [5.41, 5.74) is 4.41. The van der Waals surface area contributed by atoms with E-state index >= 15 is 0 Å². The van der Waals surface area contributed by atoms with Crippen LogP contribution in [0.3, 0.4) is 0 Å². The molecule has 1 aliphatic rings. The fraction of sp³-hybridized carbons (Fsp3) is 0.368. The van der Waals surface area contributed by atoms with Crippen molar-refractivity contribution in [1.82, 2.24) is 0 Å². The lowest BCUT2D eigenvalue weighted by Crippen LogP contribution is -2.13. The van der Waals surface area contributed by atoms with Gasteiger partial charge in [-0.3, -0.25) is 4.72 Å². The summed E-state index contributed by atoms with van der Waals surface area (Å²) in [5.74, 6) is 0.557. The molecule has 2 aromatic carbocycles. The van der Waals surface area contributed by atoms with Gasteiger partial charge in [0.15, 0.2) is 0 Å². The van der Waals surface area contributed by atoms with E-state index < -0.39 is 10.0 Å². The first-order valence-electron chi connectivity index (χ1n) is 8.17. The molecule has 4 heteroatoms. The highest BCUT2D eigenvalue weighted by molar-refractivity contribution is 7.92. The van der Waals surface area contributed by atoms with Gasteiger partial charge < -0.3 is 0 Å². The van der Waals surface area contributed by atoms with Crippen LogP contribution >= 0.6 is 0 Å². The molecule has 0 unspecified atom stereocenters. The number of fused-ring (bicyclic) bond motifs is 1. The number of rotatable bonds is 5. The quantitative estimate of drug-likeness (QED) is 0.894. The Morgan fingerprint density at radius 1 is 1.00 bits per heavy atom. The Bertz CT molecular complexity index is 793. The van der Waals surface area contributed by atoms with Gasteiger partial charge in [0.1, 0.15) is 0 Å². The summed E-state index contributed by atoms with van der Waals surface area (Å²) in [6, 6.07) is 13.0. The zero-order valence-corrected chi connectivity index (χ0v) is 14.5. The number of aryl methyl sites for hydroxylation is 2. The first-order chi connectivity index (χ1) is 10.9. The van der Waals surface area contributed by atoms with E-state index in [0.29, 0.717) is 16.5 Å². The fourth-order valence-corrected chi connectivity index (χ4v) is 4.17. The molecule has 0 bridgehead atoms. The van der Waals surface area contributed by atoms with Crippen LogP contribution in [0.25, 0.3) is 0 Å². The fourth-order valence-electron chi connectivity index (χ4n) is 3.13. The summed E-state index contributed by atoms with van der Waals surface area (Å²) in [5, 5.41) is 0. The molecule has 3 rings (SSSR count). The van der Waals surface area contributed by atoms with Gasteiger partial charge in [0.05, 0.1) is 4.90 Å². The van der Waals surface area contributed by atoms with Crippen molar-refractivity contribution >= 4 is 15.7 Å². The van der Waals surface area contributed by atoms with E-state index in [1.807, 2.05) is 30.3 Å². The first kappa shape index (κ1) is 16.1. The standard InChI is InChI=1S/C19H23NO2S/c1-14(2)12-15-6-10-19(11-7-15)23(21,22)20-18-9-8-16-4-3-5-17(16)13-18/h6-11,13-14,20H,3-5,12H2,1-2H3. The molecule has 0 saturated carbocycles. The molecule has 0 aromatic heterocycles. The third-order valence-electron chi connectivity index (χ3n) is 4.23. The molecular formula is C19H23NO2S. The molecule has 0 fully saturated rings. The predicted molar refractivity (Wildman–Crippen MR) is 94.3 cm³/mol. The topological polar surface area (TPSA) is 46.2 Å². The summed E-state index contributed by atoms with van der Waals surface area (Å²) in [4.78, 5) is 0.311. The number of hydrogen-bond donors (Lipinski definition) is 1. The maximum atomic E-state index is 12.5. The highest BCUT2D eigenvalue weighted by atomic mass is 32.2. The van der Waals surface area contributed by atoms with Crippen molar-refractivity contribution in [2.45, 2.75) is 44.4 Å². The minimum absolute atomic E-state index is 0.311. The Labute approximate surface area is 138 Å². The second-order valence-electron chi connectivity index (χ2n) is 6.68. The van der Waals surface area contributed by atoms with Gasteiger partial charge in [0.2, 0.25) is 0 Å².